The number of carbonyl (C=O) groups is 1. The molecule has 25 heavy (non-hydrogen) atoms. The Bertz CT molecular complexity index is 1050. The van der Waals surface area contributed by atoms with Gasteiger partial charge in [-0.1, -0.05) is 48.2 Å². The van der Waals surface area contributed by atoms with E-state index < -0.39 is 0 Å². The minimum atomic E-state index is 0.613. The normalized spacial score (nSPS) is 10.9. The first-order chi connectivity index (χ1) is 12.3. The second kappa shape index (κ2) is 6.53. The minimum absolute atomic E-state index is 0.613. The van der Waals surface area contributed by atoms with E-state index in [-0.39, 0.29) is 0 Å². The fourth-order valence-electron chi connectivity index (χ4n) is 2.76. The third-order valence-corrected chi connectivity index (χ3v) is 5.12. The van der Waals surface area contributed by atoms with Gasteiger partial charge in [0.15, 0.2) is 6.29 Å². The van der Waals surface area contributed by atoms with Gasteiger partial charge in [0.1, 0.15) is 5.03 Å². The van der Waals surface area contributed by atoms with Gasteiger partial charge in [-0.25, -0.2) is 4.68 Å². The van der Waals surface area contributed by atoms with Crippen LogP contribution >= 0.6 is 11.8 Å². The van der Waals surface area contributed by atoms with Crippen molar-refractivity contribution in [3.63, 3.8) is 0 Å². The van der Waals surface area contributed by atoms with Crippen molar-refractivity contribution in [1.82, 2.24) is 14.8 Å². The smallest absolute Gasteiger partial charge is 0.154 e. The second-order valence-electron chi connectivity index (χ2n) is 5.60. The van der Waals surface area contributed by atoms with Crippen molar-refractivity contribution in [2.75, 3.05) is 0 Å². The topological polar surface area (TPSA) is 47.8 Å². The van der Waals surface area contributed by atoms with E-state index in [4.69, 9.17) is 0 Å². The molecular weight excluding hydrogens is 330 g/mol. The molecule has 4 nitrogen and oxygen atoms in total. The lowest BCUT2D eigenvalue weighted by Crippen LogP contribution is -1.98. The van der Waals surface area contributed by atoms with Gasteiger partial charge < -0.3 is 0 Å². The number of hydrogen-bond acceptors (Lipinski definition) is 4. The molecule has 0 spiro atoms. The molecule has 0 atom stereocenters. The Hall–Kier alpha value is -2.92. The molecule has 0 saturated carbocycles. The highest BCUT2D eigenvalue weighted by molar-refractivity contribution is 7.99. The van der Waals surface area contributed by atoms with E-state index >= 15 is 0 Å². The first-order valence-corrected chi connectivity index (χ1v) is 8.71. The van der Waals surface area contributed by atoms with E-state index in [1.165, 1.54) is 11.8 Å². The first kappa shape index (κ1) is 15.6. The van der Waals surface area contributed by atoms with Gasteiger partial charge in [0.2, 0.25) is 0 Å². The summed E-state index contributed by atoms with van der Waals surface area (Å²) in [4.78, 5) is 17.2. The zero-order valence-corrected chi connectivity index (χ0v) is 14.4. The van der Waals surface area contributed by atoms with Crippen LogP contribution in [0.3, 0.4) is 0 Å². The van der Waals surface area contributed by atoms with Crippen molar-refractivity contribution in [2.24, 2.45) is 0 Å². The predicted molar refractivity (Wildman–Crippen MR) is 99.6 cm³/mol. The first-order valence-electron chi connectivity index (χ1n) is 7.90. The molecule has 122 valence electrons. The molecule has 0 amide bonds. The average molecular weight is 345 g/mol. The maximum absolute atomic E-state index is 11.7. The Labute approximate surface area is 149 Å². The second-order valence-corrected chi connectivity index (χ2v) is 6.63. The highest BCUT2D eigenvalue weighted by Gasteiger charge is 2.18. The van der Waals surface area contributed by atoms with Gasteiger partial charge in [0.05, 0.1) is 22.5 Å². The van der Waals surface area contributed by atoms with Crippen molar-refractivity contribution in [1.29, 1.82) is 0 Å². The number of carbonyl (C=O) groups excluding carboxylic acids is 1. The number of hydrogen-bond donors (Lipinski definition) is 0. The molecule has 0 fully saturated rings. The van der Waals surface area contributed by atoms with E-state index in [0.717, 1.165) is 38.5 Å². The van der Waals surface area contributed by atoms with Gasteiger partial charge in [-0.05, 0) is 31.2 Å². The van der Waals surface area contributed by atoms with Crippen LogP contribution in [0.4, 0.5) is 0 Å². The van der Waals surface area contributed by atoms with E-state index in [9.17, 15) is 4.79 Å². The number of benzene rings is 2. The van der Waals surface area contributed by atoms with E-state index in [1.54, 1.807) is 6.20 Å². The van der Waals surface area contributed by atoms with E-state index in [2.05, 4.69) is 10.1 Å². The molecule has 0 N–H and O–H groups in total. The lowest BCUT2D eigenvalue weighted by Gasteiger charge is -2.09. The highest BCUT2D eigenvalue weighted by atomic mass is 32.2. The van der Waals surface area contributed by atoms with Gasteiger partial charge >= 0.3 is 0 Å². The Kier molecular flexibility index (Phi) is 4.07. The van der Waals surface area contributed by atoms with Gasteiger partial charge in [-0.3, -0.25) is 9.78 Å². The van der Waals surface area contributed by atoms with E-state index in [1.807, 2.05) is 72.3 Å². The third kappa shape index (κ3) is 2.83. The Morgan fingerprint density at radius 2 is 1.80 bits per heavy atom. The number of aromatic nitrogens is 3. The molecule has 4 rings (SSSR count). The molecular formula is C20H15N3OS. The van der Waals surface area contributed by atoms with Gasteiger partial charge in [-0.2, -0.15) is 5.10 Å². The molecule has 0 saturated heterocycles. The monoisotopic (exact) mass is 345 g/mol. The van der Waals surface area contributed by atoms with Crippen LogP contribution in [0.2, 0.25) is 0 Å². The molecule has 5 heteroatoms. The predicted octanol–water partition coefficient (Wildman–Crippen LogP) is 4.69. The summed E-state index contributed by atoms with van der Waals surface area (Å²) in [6.07, 6.45) is 2.66. The summed E-state index contributed by atoms with van der Waals surface area (Å²) in [6, 6.07) is 19.9. The Morgan fingerprint density at radius 1 is 1.00 bits per heavy atom. The van der Waals surface area contributed by atoms with Gasteiger partial charge in [0.25, 0.3) is 0 Å². The molecule has 0 unspecified atom stereocenters. The number of aldehydes is 1. The molecule has 0 aliphatic rings. The summed E-state index contributed by atoms with van der Waals surface area (Å²) >= 11 is 1.52. The largest absolute Gasteiger partial charge is 0.298 e. The van der Waals surface area contributed by atoms with Crippen molar-refractivity contribution in [3.8, 4) is 5.69 Å². The molecule has 0 radical (unpaired) electrons. The quantitative estimate of drug-likeness (QED) is 0.503. The van der Waals surface area contributed by atoms with Crippen LogP contribution in [0.1, 0.15) is 16.1 Å². The number of aryl methyl sites for hydroxylation is 1. The van der Waals surface area contributed by atoms with Crippen LogP contribution in [-0.4, -0.2) is 21.1 Å². The lowest BCUT2D eigenvalue weighted by molar-refractivity contribution is 0.112. The summed E-state index contributed by atoms with van der Waals surface area (Å²) in [6.45, 7) is 1.86. The lowest BCUT2D eigenvalue weighted by atomic mass is 10.2. The zero-order chi connectivity index (χ0) is 17.2. The zero-order valence-electron chi connectivity index (χ0n) is 13.6. The van der Waals surface area contributed by atoms with Crippen molar-refractivity contribution in [2.45, 2.75) is 16.8 Å². The molecule has 2 heterocycles. The molecule has 2 aromatic carbocycles. The van der Waals surface area contributed by atoms with Crippen LogP contribution in [0, 0.1) is 6.92 Å². The Morgan fingerprint density at radius 3 is 2.60 bits per heavy atom. The molecule has 4 aromatic rings. The number of rotatable bonds is 4. The summed E-state index contributed by atoms with van der Waals surface area (Å²) in [5.74, 6) is 0. The maximum Gasteiger partial charge on any atom is 0.154 e. The van der Waals surface area contributed by atoms with Crippen LogP contribution in [0.15, 0.2) is 76.8 Å². The van der Waals surface area contributed by atoms with Gasteiger partial charge in [-0.15, -0.1) is 0 Å². The third-order valence-electron chi connectivity index (χ3n) is 3.98. The van der Waals surface area contributed by atoms with Crippen molar-refractivity contribution < 1.29 is 4.79 Å². The molecule has 0 bridgehead atoms. The molecule has 0 aliphatic heterocycles. The summed E-state index contributed by atoms with van der Waals surface area (Å²) in [5.41, 5.74) is 3.18. The number of nitrogens with zero attached hydrogens (tertiary/aromatic N) is 3. The van der Waals surface area contributed by atoms with Crippen LogP contribution in [0.25, 0.3) is 16.6 Å². The van der Waals surface area contributed by atoms with Crippen LogP contribution in [-0.2, 0) is 0 Å². The minimum Gasteiger partial charge on any atom is -0.298 e. The highest BCUT2D eigenvalue weighted by Crippen LogP contribution is 2.36. The molecule has 2 aromatic heterocycles. The SMILES string of the molecule is Cc1nn(-c2ccccc2)c(Sc2cccc3cccnc23)c1C=O. The maximum atomic E-state index is 11.7. The fraction of sp³-hybridized carbons (Fsp3) is 0.0500. The molecule has 0 aliphatic carbocycles. The van der Waals surface area contributed by atoms with E-state index in [0.29, 0.717) is 5.56 Å². The Balaban J connectivity index is 1.89. The van der Waals surface area contributed by atoms with Gasteiger partial charge in [0, 0.05) is 16.5 Å². The number of pyridine rings is 1. The number of fused-ring (bicyclic) bond motifs is 1. The summed E-state index contributed by atoms with van der Waals surface area (Å²) in [7, 11) is 0. The van der Waals surface area contributed by atoms with Crippen LogP contribution < -0.4 is 0 Å². The summed E-state index contributed by atoms with van der Waals surface area (Å²) < 4.78 is 1.82. The van der Waals surface area contributed by atoms with Crippen LogP contribution in [0.5, 0.6) is 0 Å². The standard InChI is InChI=1S/C20H15N3OS/c1-14-17(13-24)20(23(22-14)16-9-3-2-4-10-16)25-18-11-5-7-15-8-6-12-21-19(15)18/h2-13H,1H3. The van der Waals surface area contributed by atoms with Crippen molar-refractivity contribution >= 4 is 29.0 Å². The summed E-state index contributed by atoms with van der Waals surface area (Å²) in [5, 5.41) is 6.45. The van der Waals surface area contributed by atoms with Crippen molar-refractivity contribution in [3.05, 3.63) is 78.1 Å². The number of para-hydroxylation sites is 2. The fourth-order valence-corrected chi connectivity index (χ4v) is 3.92. The average Bonchev–Trinajstić information content (AvgIpc) is 2.98.